The molecule has 1 rings (SSSR count). The van der Waals surface area contributed by atoms with Crippen molar-refractivity contribution in [2.75, 3.05) is 6.54 Å². The average Bonchev–Trinajstić information content (AvgIpc) is 2.26. The van der Waals surface area contributed by atoms with Gasteiger partial charge in [-0.25, -0.2) is 0 Å². The van der Waals surface area contributed by atoms with Crippen LogP contribution in [0.5, 0.6) is 0 Å². The highest BCUT2D eigenvalue weighted by Gasteiger charge is 2.07. The molecule has 86 valence electrons. The van der Waals surface area contributed by atoms with Crippen molar-refractivity contribution in [2.45, 2.75) is 20.8 Å². The van der Waals surface area contributed by atoms with Gasteiger partial charge in [-0.05, 0) is 25.0 Å². The van der Waals surface area contributed by atoms with Crippen molar-refractivity contribution in [3.63, 3.8) is 0 Å². The maximum absolute atomic E-state index is 11.7. The van der Waals surface area contributed by atoms with Crippen LogP contribution < -0.4 is 5.32 Å². The second kappa shape index (κ2) is 5.45. The molecule has 0 heterocycles. The van der Waals surface area contributed by atoms with Crippen LogP contribution in [0, 0.1) is 5.92 Å². The summed E-state index contributed by atoms with van der Waals surface area (Å²) < 4.78 is 0. The highest BCUT2D eigenvalue weighted by Crippen LogP contribution is 2.06. The van der Waals surface area contributed by atoms with E-state index in [1.54, 1.807) is 24.3 Å². The fourth-order valence-electron chi connectivity index (χ4n) is 1.28. The first-order valence-corrected chi connectivity index (χ1v) is 5.40. The Bertz CT molecular complexity index is 397. The molecule has 0 unspecified atom stereocenters. The Morgan fingerprint density at radius 2 is 1.88 bits per heavy atom. The second-order valence-electron chi connectivity index (χ2n) is 4.24. The largest absolute Gasteiger partial charge is 0.352 e. The van der Waals surface area contributed by atoms with Crippen LogP contribution in [0.4, 0.5) is 0 Å². The second-order valence-corrected chi connectivity index (χ2v) is 4.24. The van der Waals surface area contributed by atoms with Gasteiger partial charge in [0.05, 0.1) is 0 Å². The van der Waals surface area contributed by atoms with E-state index in [9.17, 15) is 9.59 Å². The predicted molar refractivity (Wildman–Crippen MR) is 63.6 cm³/mol. The molecule has 0 aliphatic heterocycles. The van der Waals surface area contributed by atoms with Crippen molar-refractivity contribution in [3.8, 4) is 0 Å². The third-order valence-corrected chi connectivity index (χ3v) is 2.20. The van der Waals surface area contributed by atoms with Gasteiger partial charge in [0.2, 0.25) is 0 Å². The molecule has 1 aromatic rings. The summed E-state index contributed by atoms with van der Waals surface area (Å²) in [6.07, 6.45) is 0. The Morgan fingerprint density at radius 1 is 1.25 bits per heavy atom. The van der Waals surface area contributed by atoms with Crippen molar-refractivity contribution in [1.29, 1.82) is 0 Å². The Morgan fingerprint density at radius 3 is 2.44 bits per heavy atom. The van der Waals surface area contributed by atoms with Gasteiger partial charge in [-0.2, -0.15) is 0 Å². The summed E-state index contributed by atoms with van der Waals surface area (Å²) in [5, 5.41) is 2.81. The summed E-state index contributed by atoms with van der Waals surface area (Å²) in [4.78, 5) is 22.9. The van der Waals surface area contributed by atoms with Gasteiger partial charge in [0, 0.05) is 17.7 Å². The van der Waals surface area contributed by atoms with Gasteiger partial charge in [-0.15, -0.1) is 0 Å². The van der Waals surface area contributed by atoms with E-state index in [0.717, 1.165) is 0 Å². The molecule has 0 saturated carbocycles. The van der Waals surface area contributed by atoms with Crippen LogP contribution in [0.15, 0.2) is 24.3 Å². The summed E-state index contributed by atoms with van der Waals surface area (Å²) in [6, 6.07) is 6.77. The standard InChI is InChI=1S/C13H17NO2/c1-9(2)8-14-13(16)12-6-4-5-11(7-12)10(3)15/h4-7,9H,8H2,1-3H3,(H,14,16). The maximum Gasteiger partial charge on any atom is 0.251 e. The minimum absolute atomic E-state index is 0.0292. The quantitative estimate of drug-likeness (QED) is 0.790. The molecule has 3 heteroatoms. The first kappa shape index (κ1) is 12.4. The summed E-state index contributed by atoms with van der Waals surface area (Å²) in [6.45, 7) is 6.20. The van der Waals surface area contributed by atoms with Gasteiger partial charge in [-0.1, -0.05) is 26.0 Å². The third-order valence-electron chi connectivity index (χ3n) is 2.20. The number of carbonyl (C=O) groups is 2. The zero-order valence-electron chi connectivity index (χ0n) is 9.91. The molecule has 0 saturated heterocycles. The molecule has 0 bridgehead atoms. The Balaban J connectivity index is 2.76. The van der Waals surface area contributed by atoms with Gasteiger partial charge in [0.1, 0.15) is 0 Å². The van der Waals surface area contributed by atoms with E-state index in [2.05, 4.69) is 5.32 Å². The van der Waals surface area contributed by atoms with Crippen LogP contribution >= 0.6 is 0 Å². The van der Waals surface area contributed by atoms with Crippen LogP contribution in [0.2, 0.25) is 0 Å². The SMILES string of the molecule is CC(=O)c1cccc(C(=O)NCC(C)C)c1. The van der Waals surface area contributed by atoms with Crippen molar-refractivity contribution in [2.24, 2.45) is 5.92 Å². The highest BCUT2D eigenvalue weighted by molar-refractivity contribution is 5.99. The fourth-order valence-corrected chi connectivity index (χ4v) is 1.28. The van der Waals surface area contributed by atoms with E-state index in [-0.39, 0.29) is 11.7 Å². The molecule has 0 aromatic heterocycles. The van der Waals surface area contributed by atoms with E-state index in [0.29, 0.717) is 23.6 Å². The molecule has 0 fully saturated rings. The number of Topliss-reactive ketones (excluding diaryl/α,β-unsaturated/α-hetero) is 1. The van der Waals surface area contributed by atoms with E-state index in [1.807, 2.05) is 13.8 Å². The number of carbonyl (C=O) groups excluding carboxylic acids is 2. The van der Waals surface area contributed by atoms with Crippen LogP contribution in [0.1, 0.15) is 41.5 Å². The molecular formula is C13H17NO2. The zero-order valence-corrected chi connectivity index (χ0v) is 9.91. The monoisotopic (exact) mass is 219 g/mol. The Kier molecular flexibility index (Phi) is 4.23. The summed E-state index contributed by atoms with van der Waals surface area (Å²) >= 11 is 0. The normalized spacial score (nSPS) is 10.2. The van der Waals surface area contributed by atoms with Gasteiger partial charge in [0.25, 0.3) is 5.91 Å². The minimum Gasteiger partial charge on any atom is -0.352 e. The molecule has 0 aliphatic rings. The van der Waals surface area contributed by atoms with E-state index in [1.165, 1.54) is 6.92 Å². The van der Waals surface area contributed by atoms with Crippen LogP contribution in [-0.4, -0.2) is 18.2 Å². The summed E-state index contributed by atoms with van der Waals surface area (Å²) in [5.41, 5.74) is 1.10. The number of nitrogens with one attached hydrogen (secondary N) is 1. The lowest BCUT2D eigenvalue weighted by Gasteiger charge is -2.08. The van der Waals surface area contributed by atoms with Crippen molar-refractivity contribution in [3.05, 3.63) is 35.4 Å². The highest BCUT2D eigenvalue weighted by atomic mass is 16.1. The number of benzene rings is 1. The molecule has 1 aromatic carbocycles. The molecule has 0 aliphatic carbocycles. The third kappa shape index (κ3) is 3.50. The number of hydrogen-bond donors (Lipinski definition) is 1. The number of ketones is 1. The number of rotatable bonds is 4. The van der Waals surface area contributed by atoms with Crippen LogP contribution in [0.25, 0.3) is 0 Å². The number of amides is 1. The Labute approximate surface area is 95.9 Å². The molecule has 0 atom stereocenters. The lowest BCUT2D eigenvalue weighted by Crippen LogP contribution is -2.27. The smallest absolute Gasteiger partial charge is 0.251 e. The molecule has 1 N–H and O–H groups in total. The van der Waals surface area contributed by atoms with E-state index < -0.39 is 0 Å². The van der Waals surface area contributed by atoms with E-state index >= 15 is 0 Å². The number of hydrogen-bond acceptors (Lipinski definition) is 2. The first-order valence-electron chi connectivity index (χ1n) is 5.40. The molecule has 16 heavy (non-hydrogen) atoms. The van der Waals surface area contributed by atoms with E-state index in [4.69, 9.17) is 0 Å². The lowest BCUT2D eigenvalue weighted by atomic mass is 10.1. The zero-order chi connectivity index (χ0) is 12.1. The van der Waals surface area contributed by atoms with Crippen molar-refractivity contribution in [1.82, 2.24) is 5.32 Å². The van der Waals surface area contributed by atoms with Gasteiger partial charge < -0.3 is 5.32 Å². The predicted octanol–water partition coefficient (Wildman–Crippen LogP) is 2.28. The summed E-state index contributed by atoms with van der Waals surface area (Å²) in [5.74, 6) is 0.259. The van der Waals surface area contributed by atoms with Gasteiger partial charge in [0.15, 0.2) is 5.78 Å². The average molecular weight is 219 g/mol. The van der Waals surface area contributed by atoms with Gasteiger partial charge >= 0.3 is 0 Å². The van der Waals surface area contributed by atoms with Crippen LogP contribution in [0.3, 0.4) is 0 Å². The molecule has 0 radical (unpaired) electrons. The van der Waals surface area contributed by atoms with Crippen LogP contribution in [-0.2, 0) is 0 Å². The first-order chi connectivity index (χ1) is 7.50. The molecule has 1 amide bonds. The summed E-state index contributed by atoms with van der Waals surface area (Å²) in [7, 11) is 0. The fraction of sp³-hybridized carbons (Fsp3) is 0.385. The van der Waals surface area contributed by atoms with Crippen molar-refractivity contribution < 1.29 is 9.59 Å². The topological polar surface area (TPSA) is 46.2 Å². The van der Waals surface area contributed by atoms with Gasteiger partial charge in [-0.3, -0.25) is 9.59 Å². The maximum atomic E-state index is 11.7. The molecule has 3 nitrogen and oxygen atoms in total. The Hall–Kier alpha value is -1.64. The minimum atomic E-state index is -0.128. The van der Waals surface area contributed by atoms with Crippen molar-refractivity contribution >= 4 is 11.7 Å². The lowest BCUT2D eigenvalue weighted by molar-refractivity contribution is 0.0949. The molecular weight excluding hydrogens is 202 g/mol. The molecule has 0 spiro atoms.